The molecule has 1 nitrogen and oxygen atoms in total. The van der Waals surface area contributed by atoms with Crippen molar-refractivity contribution in [1.29, 1.82) is 0 Å². The molecular formula is C10H22ClN. The highest BCUT2D eigenvalue weighted by Crippen LogP contribution is 2.01. The Morgan fingerprint density at radius 1 is 1.08 bits per heavy atom. The lowest BCUT2D eigenvalue weighted by atomic mass is 10.2. The summed E-state index contributed by atoms with van der Waals surface area (Å²) >= 11 is 0. The molecule has 12 heavy (non-hydrogen) atoms. The Morgan fingerprint density at radius 2 is 1.67 bits per heavy atom. The lowest BCUT2D eigenvalue weighted by Gasteiger charge is -2.17. The van der Waals surface area contributed by atoms with E-state index in [0.29, 0.717) is 0 Å². The molecule has 0 radical (unpaired) electrons. The van der Waals surface area contributed by atoms with E-state index in [0.717, 1.165) is 4.48 Å². The highest BCUT2D eigenvalue weighted by molar-refractivity contribution is 4.72. The number of allylic oxidation sites excluding steroid dienone is 1. The quantitative estimate of drug-likeness (QED) is 0.417. The Bertz CT molecular complexity index is 113. The van der Waals surface area contributed by atoms with Gasteiger partial charge in [-0.25, -0.2) is 0 Å². The van der Waals surface area contributed by atoms with Gasteiger partial charge in [0.05, 0.1) is 27.3 Å². The van der Waals surface area contributed by atoms with Gasteiger partial charge in [0, 0.05) is 0 Å². The first kappa shape index (κ1) is 14.5. The summed E-state index contributed by atoms with van der Waals surface area (Å²) in [6, 6.07) is 0. The minimum absolute atomic E-state index is 0. The SMILES string of the molecule is CCCCCC=C[N+](C)(C)C.[Cl-]. The Balaban J connectivity index is 0. The summed E-state index contributed by atoms with van der Waals surface area (Å²) in [5.41, 5.74) is 0. The zero-order chi connectivity index (χ0) is 8.74. The molecule has 0 aliphatic rings. The van der Waals surface area contributed by atoms with E-state index in [-0.39, 0.29) is 12.4 Å². The van der Waals surface area contributed by atoms with Gasteiger partial charge in [0.25, 0.3) is 0 Å². The van der Waals surface area contributed by atoms with Crippen LogP contribution in [0.15, 0.2) is 12.3 Å². The van der Waals surface area contributed by atoms with E-state index in [1.165, 1.54) is 25.7 Å². The molecule has 0 saturated heterocycles. The molecule has 0 bridgehead atoms. The summed E-state index contributed by atoms with van der Waals surface area (Å²) in [5.74, 6) is 0. The molecular weight excluding hydrogens is 170 g/mol. The molecule has 0 aromatic heterocycles. The van der Waals surface area contributed by atoms with E-state index in [9.17, 15) is 0 Å². The van der Waals surface area contributed by atoms with Crippen LogP contribution in [-0.4, -0.2) is 25.6 Å². The molecule has 0 aromatic carbocycles. The molecule has 0 N–H and O–H groups in total. The van der Waals surface area contributed by atoms with Crippen LogP contribution in [0.3, 0.4) is 0 Å². The molecule has 0 rings (SSSR count). The molecule has 0 aromatic rings. The van der Waals surface area contributed by atoms with E-state index in [2.05, 4.69) is 40.3 Å². The van der Waals surface area contributed by atoms with Gasteiger partial charge >= 0.3 is 0 Å². The second-order valence-corrected chi connectivity index (χ2v) is 4.00. The van der Waals surface area contributed by atoms with E-state index in [1.54, 1.807) is 0 Å². The average Bonchev–Trinajstić information content (AvgIpc) is 1.85. The average molecular weight is 192 g/mol. The number of hydrogen-bond acceptors (Lipinski definition) is 0. The van der Waals surface area contributed by atoms with Crippen molar-refractivity contribution in [1.82, 2.24) is 0 Å². The summed E-state index contributed by atoms with van der Waals surface area (Å²) in [5, 5.41) is 0. The fraction of sp³-hybridized carbons (Fsp3) is 0.800. The molecule has 0 unspecified atom stereocenters. The molecule has 0 spiro atoms. The van der Waals surface area contributed by atoms with Gasteiger partial charge in [-0.1, -0.05) is 19.8 Å². The number of unbranched alkanes of at least 4 members (excludes halogenated alkanes) is 3. The molecule has 0 fully saturated rings. The molecule has 0 amide bonds. The van der Waals surface area contributed by atoms with Gasteiger partial charge < -0.3 is 16.9 Å². The molecule has 0 heterocycles. The second kappa shape index (κ2) is 7.63. The number of halogens is 1. The molecule has 74 valence electrons. The molecule has 0 atom stereocenters. The van der Waals surface area contributed by atoms with Crippen LogP contribution < -0.4 is 12.4 Å². The number of hydrogen-bond donors (Lipinski definition) is 0. The number of quaternary nitrogens is 1. The van der Waals surface area contributed by atoms with Crippen LogP contribution in [0.25, 0.3) is 0 Å². The molecule has 0 aliphatic heterocycles. The fourth-order valence-electron chi connectivity index (χ4n) is 0.903. The fourth-order valence-corrected chi connectivity index (χ4v) is 0.903. The summed E-state index contributed by atoms with van der Waals surface area (Å²) < 4.78 is 0.937. The van der Waals surface area contributed by atoms with Crippen LogP contribution in [0.2, 0.25) is 0 Å². The van der Waals surface area contributed by atoms with Crippen LogP contribution in [0.4, 0.5) is 0 Å². The highest BCUT2D eigenvalue weighted by Gasteiger charge is 1.97. The molecule has 0 saturated carbocycles. The van der Waals surface area contributed by atoms with Gasteiger partial charge in [-0.2, -0.15) is 0 Å². The topological polar surface area (TPSA) is 0 Å². The first-order chi connectivity index (χ1) is 5.06. The van der Waals surface area contributed by atoms with Crippen molar-refractivity contribution < 1.29 is 16.9 Å². The monoisotopic (exact) mass is 191 g/mol. The number of rotatable bonds is 5. The van der Waals surface area contributed by atoms with E-state index in [4.69, 9.17) is 0 Å². The Morgan fingerprint density at radius 3 is 2.08 bits per heavy atom. The van der Waals surface area contributed by atoms with Crippen LogP contribution in [0.5, 0.6) is 0 Å². The van der Waals surface area contributed by atoms with E-state index >= 15 is 0 Å². The lowest BCUT2D eigenvalue weighted by molar-refractivity contribution is -0.817. The second-order valence-electron chi connectivity index (χ2n) is 4.00. The van der Waals surface area contributed by atoms with Gasteiger partial charge in [-0.15, -0.1) is 0 Å². The van der Waals surface area contributed by atoms with Crippen molar-refractivity contribution in [2.45, 2.75) is 32.6 Å². The van der Waals surface area contributed by atoms with E-state index < -0.39 is 0 Å². The molecule has 2 heteroatoms. The van der Waals surface area contributed by atoms with Gasteiger partial charge in [0.15, 0.2) is 0 Å². The third-order valence-corrected chi connectivity index (χ3v) is 1.53. The van der Waals surface area contributed by atoms with Crippen LogP contribution in [-0.2, 0) is 0 Å². The third-order valence-electron chi connectivity index (χ3n) is 1.53. The van der Waals surface area contributed by atoms with Crippen molar-refractivity contribution in [3.63, 3.8) is 0 Å². The van der Waals surface area contributed by atoms with E-state index in [1.807, 2.05) is 0 Å². The van der Waals surface area contributed by atoms with Crippen LogP contribution >= 0.6 is 0 Å². The van der Waals surface area contributed by atoms with Crippen molar-refractivity contribution >= 4 is 0 Å². The Labute approximate surface area is 83.5 Å². The minimum Gasteiger partial charge on any atom is -1.00 e. The third kappa shape index (κ3) is 12.6. The first-order valence-corrected chi connectivity index (χ1v) is 4.55. The van der Waals surface area contributed by atoms with Gasteiger partial charge in [0.2, 0.25) is 0 Å². The Hall–Kier alpha value is -0.0100. The van der Waals surface area contributed by atoms with Gasteiger partial charge in [-0.05, 0) is 18.9 Å². The lowest BCUT2D eigenvalue weighted by Crippen LogP contribution is -3.00. The predicted molar refractivity (Wildman–Crippen MR) is 51.3 cm³/mol. The van der Waals surface area contributed by atoms with Gasteiger partial charge in [-0.3, -0.25) is 0 Å². The highest BCUT2D eigenvalue weighted by atomic mass is 35.5. The largest absolute Gasteiger partial charge is 1.00 e. The maximum Gasteiger partial charge on any atom is 0.0911 e. The standard InChI is InChI=1S/C10H22N.ClH/c1-5-6-7-8-9-10-11(2,3)4;/h9-10H,5-8H2,1-4H3;1H/q+1;/p-1. The summed E-state index contributed by atoms with van der Waals surface area (Å²) in [6.07, 6.45) is 9.79. The zero-order valence-corrected chi connectivity index (χ0v) is 9.56. The first-order valence-electron chi connectivity index (χ1n) is 4.55. The van der Waals surface area contributed by atoms with Gasteiger partial charge in [0.1, 0.15) is 0 Å². The van der Waals surface area contributed by atoms with Crippen molar-refractivity contribution in [3.8, 4) is 0 Å². The maximum absolute atomic E-state index is 2.29. The van der Waals surface area contributed by atoms with Crippen LogP contribution in [0, 0.1) is 0 Å². The smallest absolute Gasteiger partial charge is 0.0911 e. The maximum atomic E-state index is 2.29. The van der Waals surface area contributed by atoms with Crippen molar-refractivity contribution in [2.75, 3.05) is 21.1 Å². The Kier molecular flexibility index (Phi) is 9.23. The summed E-state index contributed by atoms with van der Waals surface area (Å²) in [6.45, 7) is 2.24. The van der Waals surface area contributed by atoms with Crippen molar-refractivity contribution in [3.05, 3.63) is 12.3 Å². The molecule has 0 aliphatic carbocycles. The number of nitrogens with zero attached hydrogens (tertiary/aromatic N) is 1. The van der Waals surface area contributed by atoms with Crippen LogP contribution in [0.1, 0.15) is 32.6 Å². The predicted octanol–water partition coefficient (Wildman–Crippen LogP) is -0.209. The van der Waals surface area contributed by atoms with Crippen molar-refractivity contribution in [2.24, 2.45) is 0 Å². The summed E-state index contributed by atoms with van der Waals surface area (Å²) in [7, 11) is 6.53. The normalized spacial score (nSPS) is 11.7. The summed E-state index contributed by atoms with van der Waals surface area (Å²) in [4.78, 5) is 0. The zero-order valence-electron chi connectivity index (χ0n) is 8.81. The minimum atomic E-state index is 0.